The average molecular weight is 377 g/mol. The van der Waals surface area contributed by atoms with Gasteiger partial charge in [-0.15, -0.1) is 0 Å². The van der Waals surface area contributed by atoms with Crippen LogP contribution in [0.5, 0.6) is 11.5 Å². The second kappa shape index (κ2) is 9.23. The summed E-state index contributed by atoms with van der Waals surface area (Å²) in [5.41, 5.74) is 0.843. The average Bonchev–Trinajstić information content (AvgIpc) is 2.72. The maximum Gasteiger partial charge on any atom is 0.335 e. The molecule has 1 amide bonds. The topological polar surface area (TPSA) is 84.9 Å². The van der Waals surface area contributed by atoms with Crippen LogP contribution < -0.4 is 14.8 Å². The molecule has 2 N–H and O–H groups in total. The molecule has 0 aromatic heterocycles. The van der Waals surface area contributed by atoms with Gasteiger partial charge in [0.05, 0.1) is 11.1 Å². The third-order valence-electron chi connectivity index (χ3n) is 3.85. The van der Waals surface area contributed by atoms with E-state index in [2.05, 4.69) is 5.32 Å². The predicted octanol–water partition coefficient (Wildman–Crippen LogP) is 4.09. The zero-order valence-corrected chi connectivity index (χ0v) is 15.0. The van der Waals surface area contributed by atoms with Crippen LogP contribution in [0.2, 0.25) is 0 Å². The number of carboxylic acid groups (broad SMARTS) is 1. The molecule has 3 aromatic rings. The van der Waals surface area contributed by atoms with Gasteiger partial charge >= 0.3 is 5.97 Å². The van der Waals surface area contributed by atoms with Crippen molar-refractivity contribution in [3.63, 3.8) is 0 Å². The molecule has 0 bridgehead atoms. The number of ether oxygens (including phenoxy) is 2. The van der Waals surface area contributed by atoms with Gasteiger partial charge in [-0.05, 0) is 42.5 Å². The fraction of sp³-hybridized carbons (Fsp3) is 0.0909. The highest BCUT2D eigenvalue weighted by Gasteiger charge is 2.13. The molecule has 0 fully saturated rings. The molecular weight excluding hydrogens is 358 g/mol. The molecule has 3 aromatic carbocycles. The van der Waals surface area contributed by atoms with E-state index >= 15 is 0 Å². The maximum atomic E-state index is 12.6. The molecule has 142 valence electrons. The number of rotatable bonds is 8. The van der Waals surface area contributed by atoms with Crippen molar-refractivity contribution in [2.75, 3.05) is 18.5 Å². The van der Waals surface area contributed by atoms with E-state index in [0.717, 1.165) is 5.75 Å². The number of para-hydroxylation sites is 2. The second-order valence-electron chi connectivity index (χ2n) is 5.85. The van der Waals surface area contributed by atoms with E-state index < -0.39 is 5.97 Å². The Morgan fingerprint density at radius 1 is 0.821 bits per heavy atom. The number of nitrogens with one attached hydrogen (secondary N) is 1. The summed E-state index contributed by atoms with van der Waals surface area (Å²) in [6.07, 6.45) is 0. The van der Waals surface area contributed by atoms with Crippen molar-refractivity contribution in [3.05, 3.63) is 90.0 Å². The van der Waals surface area contributed by atoms with Crippen LogP contribution in [0, 0.1) is 0 Å². The Morgan fingerprint density at radius 3 is 2.32 bits per heavy atom. The number of carbonyl (C=O) groups is 2. The van der Waals surface area contributed by atoms with E-state index in [1.807, 2.05) is 30.3 Å². The molecule has 0 saturated heterocycles. The van der Waals surface area contributed by atoms with E-state index in [9.17, 15) is 9.59 Å². The fourth-order valence-corrected chi connectivity index (χ4v) is 2.54. The zero-order valence-electron chi connectivity index (χ0n) is 15.0. The van der Waals surface area contributed by atoms with Crippen molar-refractivity contribution in [2.45, 2.75) is 0 Å². The van der Waals surface area contributed by atoms with E-state index in [1.165, 1.54) is 12.1 Å². The number of benzene rings is 3. The number of hydrogen-bond acceptors (Lipinski definition) is 4. The monoisotopic (exact) mass is 377 g/mol. The van der Waals surface area contributed by atoms with Crippen LogP contribution in [-0.4, -0.2) is 30.2 Å². The Kier molecular flexibility index (Phi) is 6.25. The summed E-state index contributed by atoms with van der Waals surface area (Å²) in [5.74, 6) is -0.276. The van der Waals surface area contributed by atoms with Crippen LogP contribution in [0.3, 0.4) is 0 Å². The number of hydrogen-bond donors (Lipinski definition) is 2. The first-order valence-electron chi connectivity index (χ1n) is 8.68. The lowest BCUT2D eigenvalue weighted by atomic mass is 10.1. The minimum atomic E-state index is -1.06. The van der Waals surface area contributed by atoms with E-state index in [-0.39, 0.29) is 18.1 Å². The quantitative estimate of drug-likeness (QED) is 0.578. The highest BCUT2D eigenvalue weighted by molar-refractivity contribution is 6.06. The van der Waals surface area contributed by atoms with Gasteiger partial charge in [-0.1, -0.05) is 36.4 Å². The molecule has 6 nitrogen and oxygen atoms in total. The van der Waals surface area contributed by atoms with Crippen LogP contribution >= 0.6 is 0 Å². The molecule has 0 aliphatic heterocycles. The van der Waals surface area contributed by atoms with E-state index in [0.29, 0.717) is 23.6 Å². The standard InChI is InChI=1S/C22H19NO5/c24-21(23-17-8-6-7-16(15-17)22(25)26)19-11-4-5-12-20(19)28-14-13-27-18-9-2-1-3-10-18/h1-12,15H,13-14H2,(H,23,24)(H,25,26). The third kappa shape index (κ3) is 5.11. The van der Waals surface area contributed by atoms with Crippen molar-refractivity contribution in [1.29, 1.82) is 0 Å². The minimum Gasteiger partial charge on any atom is -0.490 e. The first-order valence-corrected chi connectivity index (χ1v) is 8.68. The van der Waals surface area contributed by atoms with Crippen molar-refractivity contribution >= 4 is 17.6 Å². The van der Waals surface area contributed by atoms with Crippen LogP contribution in [0.15, 0.2) is 78.9 Å². The summed E-state index contributed by atoms with van der Waals surface area (Å²) in [7, 11) is 0. The lowest BCUT2D eigenvalue weighted by molar-refractivity contribution is 0.0696. The van der Waals surface area contributed by atoms with Crippen LogP contribution in [0.1, 0.15) is 20.7 Å². The molecular formula is C22H19NO5. The molecule has 28 heavy (non-hydrogen) atoms. The van der Waals surface area contributed by atoms with Gasteiger partial charge < -0.3 is 19.9 Å². The predicted molar refractivity (Wildman–Crippen MR) is 105 cm³/mol. The molecule has 0 aliphatic carbocycles. The summed E-state index contributed by atoms with van der Waals surface area (Å²) in [6, 6.07) is 22.3. The highest BCUT2D eigenvalue weighted by Crippen LogP contribution is 2.20. The normalized spacial score (nSPS) is 10.1. The van der Waals surface area contributed by atoms with Gasteiger partial charge in [0.15, 0.2) is 0 Å². The van der Waals surface area contributed by atoms with Crippen molar-refractivity contribution < 1.29 is 24.2 Å². The molecule has 3 rings (SSSR count). The molecule has 6 heteroatoms. The molecule has 0 unspecified atom stereocenters. The smallest absolute Gasteiger partial charge is 0.335 e. The second-order valence-corrected chi connectivity index (χ2v) is 5.85. The Morgan fingerprint density at radius 2 is 1.54 bits per heavy atom. The number of amides is 1. The summed E-state index contributed by atoms with van der Waals surface area (Å²) in [5, 5.41) is 11.8. The third-order valence-corrected chi connectivity index (χ3v) is 3.85. The molecule has 0 radical (unpaired) electrons. The number of aromatic carboxylic acids is 1. The van der Waals surface area contributed by atoms with Gasteiger partial charge in [-0.2, -0.15) is 0 Å². The largest absolute Gasteiger partial charge is 0.490 e. The van der Waals surface area contributed by atoms with Gasteiger partial charge in [-0.3, -0.25) is 4.79 Å². The molecule has 0 heterocycles. The van der Waals surface area contributed by atoms with Crippen LogP contribution in [0.25, 0.3) is 0 Å². The first kappa shape index (κ1) is 19.0. The molecule has 0 spiro atoms. The fourth-order valence-electron chi connectivity index (χ4n) is 2.54. The van der Waals surface area contributed by atoms with Crippen LogP contribution in [0.4, 0.5) is 5.69 Å². The van der Waals surface area contributed by atoms with Crippen molar-refractivity contribution in [3.8, 4) is 11.5 Å². The van der Waals surface area contributed by atoms with Crippen molar-refractivity contribution in [1.82, 2.24) is 0 Å². The lowest BCUT2D eigenvalue weighted by Crippen LogP contribution is -2.16. The van der Waals surface area contributed by atoms with Gasteiger partial charge in [0.2, 0.25) is 0 Å². The maximum absolute atomic E-state index is 12.6. The number of carboxylic acids is 1. The molecule has 0 aliphatic rings. The summed E-state index contributed by atoms with van der Waals surface area (Å²) in [4.78, 5) is 23.7. The molecule has 0 atom stereocenters. The highest BCUT2D eigenvalue weighted by atomic mass is 16.5. The van der Waals surface area contributed by atoms with E-state index in [4.69, 9.17) is 14.6 Å². The van der Waals surface area contributed by atoms with Crippen LogP contribution in [-0.2, 0) is 0 Å². The molecule has 0 saturated carbocycles. The van der Waals surface area contributed by atoms with E-state index in [1.54, 1.807) is 36.4 Å². The Labute approximate surface area is 162 Å². The number of carbonyl (C=O) groups excluding carboxylic acids is 1. The minimum absolute atomic E-state index is 0.0976. The Bertz CT molecular complexity index is 956. The van der Waals surface area contributed by atoms with Gasteiger partial charge in [-0.25, -0.2) is 4.79 Å². The lowest BCUT2D eigenvalue weighted by Gasteiger charge is -2.12. The zero-order chi connectivity index (χ0) is 19.8. The SMILES string of the molecule is O=C(O)c1cccc(NC(=O)c2ccccc2OCCOc2ccccc2)c1. The Balaban J connectivity index is 1.62. The van der Waals surface area contributed by atoms with Gasteiger partial charge in [0.25, 0.3) is 5.91 Å². The van der Waals surface area contributed by atoms with Gasteiger partial charge in [0.1, 0.15) is 24.7 Å². The summed E-state index contributed by atoms with van der Waals surface area (Å²) < 4.78 is 11.3. The summed E-state index contributed by atoms with van der Waals surface area (Å²) >= 11 is 0. The summed E-state index contributed by atoms with van der Waals surface area (Å²) in [6.45, 7) is 0.605. The number of anilines is 1. The van der Waals surface area contributed by atoms with Crippen molar-refractivity contribution in [2.24, 2.45) is 0 Å². The van der Waals surface area contributed by atoms with Gasteiger partial charge in [0, 0.05) is 5.69 Å². The first-order chi connectivity index (χ1) is 13.6. The Hall–Kier alpha value is -3.80.